The molecule has 1 saturated heterocycles. The summed E-state index contributed by atoms with van der Waals surface area (Å²) in [4.78, 5) is 47.7. The summed E-state index contributed by atoms with van der Waals surface area (Å²) in [6.07, 6.45) is 1.32. The van der Waals surface area contributed by atoms with Crippen LogP contribution in [0.5, 0.6) is 0 Å². The van der Waals surface area contributed by atoms with Crippen LogP contribution in [0.25, 0.3) is 0 Å². The van der Waals surface area contributed by atoms with Crippen molar-refractivity contribution in [2.75, 3.05) is 26.2 Å². The van der Waals surface area contributed by atoms with Crippen molar-refractivity contribution in [3.63, 3.8) is 0 Å². The highest BCUT2D eigenvalue weighted by molar-refractivity contribution is 5.94. The van der Waals surface area contributed by atoms with Gasteiger partial charge in [-0.15, -0.1) is 0 Å². The number of piperidine rings is 1. The fraction of sp³-hybridized carbons (Fsp3) is 0.500. The quantitative estimate of drug-likeness (QED) is 0.437. The largest absolute Gasteiger partial charge is 0.466 e. The van der Waals surface area contributed by atoms with E-state index in [1.807, 2.05) is 0 Å². The Hall–Kier alpha value is -2.97. The van der Waals surface area contributed by atoms with E-state index < -0.39 is 10.8 Å². The van der Waals surface area contributed by atoms with Crippen LogP contribution >= 0.6 is 0 Å². The fourth-order valence-corrected chi connectivity index (χ4v) is 2.90. The number of hydrogen-bond acceptors (Lipinski definition) is 6. The lowest BCUT2D eigenvalue weighted by atomic mass is 9.97. The van der Waals surface area contributed by atoms with Crippen LogP contribution in [0.4, 0.5) is 5.69 Å². The Morgan fingerprint density at radius 1 is 1.22 bits per heavy atom. The number of likely N-dealkylation sites (tertiary alicyclic amines) is 1. The summed E-state index contributed by atoms with van der Waals surface area (Å²) >= 11 is 0. The van der Waals surface area contributed by atoms with Crippen LogP contribution in [0.2, 0.25) is 0 Å². The number of nitro benzene ring substituents is 1. The van der Waals surface area contributed by atoms with Crippen molar-refractivity contribution in [2.45, 2.75) is 26.2 Å². The van der Waals surface area contributed by atoms with Crippen LogP contribution in [0, 0.1) is 16.0 Å². The van der Waals surface area contributed by atoms with E-state index in [0.29, 0.717) is 38.1 Å². The molecule has 0 atom stereocenters. The molecule has 0 spiro atoms. The highest BCUT2D eigenvalue weighted by Gasteiger charge is 2.27. The molecule has 2 amide bonds. The van der Waals surface area contributed by atoms with Gasteiger partial charge >= 0.3 is 5.97 Å². The van der Waals surface area contributed by atoms with E-state index in [1.165, 1.54) is 24.3 Å². The maximum Gasteiger partial charge on any atom is 0.309 e. The molecule has 0 aromatic heterocycles. The third-order valence-electron chi connectivity index (χ3n) is 4.43. The Kier molecular flexibility index (Phi) is 7.27. The first-order valence-corrected chi connectivity index (χ1v) is 8.89. The molecular formula is C18H23N3O6. The molecule has 0 saturated carbocycles. The summed E-state index contributed by atoms with van der Waals surface area (Å²) < 4.78 is 5.00. The summed E-state index contributed by atoms with van der Waals surface area (Å²) in [6, 6.07) is 5.26. The lowest BCUT2D eigenvalue weighted by molar-refractivity contribution is -0.384. The number of rotatable bonds is 7. The van der Waals surface area contributed by atoms with Gasteiger partial charge in [0.2, 0.25) is 5.91 Å². The molecule has 27 heavy (non-hydrogen) atoms. The minimum absolute atomic E-state index is 0.0821. The van der Waals surface area contributed by atoms with Gasteiger partial charge in [0.25, 0.3) is 11.6 Å². The van der Waals surface area contributed by atoms with E-state index in [2.05, 4.69) is 5.32 Å². The first-order valence-electron chi connectivity index (χ1n) is 8.89. The number of carbonyl (C=O) groups excluding carboxylic acids is 3. The number of benzene rings is 1. The zero-order valence-electron chi connectivity index (χ0n) is 15.2. The number of nitro groups is 1. The van der Waals surface area contributed by atoms with E-state index in [-0.39, 0.29) is 36.4 Å². The number of non-ortho nitro benzene ring substituents is 1. The molecular weight excluding hydrogens is 354 g/mol. The molecule has 1 aliphatic heterocycles. The number of hydrogen-bond donors (Lipinski definition) is 1. The lowest BCUT2D eigenvalue weighted by Gasteiger charge is -2.31. The molecule has 9 nitrogen and oxygen atoms in total. The second-order valence-electron chi connectivity index (χ2n) is 6.22. The predicted octanol–water partition coefficient (Wildman–Crippen LogP) is 1.52. The van der Waals surface area contributed by atoms with Crippen molar-refractivity contribution < 1.29 is 24.0 Å². The average Bonchev–Trinajstić information content (AvgIpc) is 2.68. The molecule has 1 aliphatic rings. The van der Waals surface area contributed by atoms with Gasteiger partial charge < -0.3 is 15.0 Å². The Labute approximate surface area is 156 Å². The summed E-state index contributed by atoms with van der Waals surface area (Å²) in [5.74, 6) is -0.837. The van der Waals surface area contributed by atoms with Gasteiger partial charge in [-0.1, -0.05) is 0 Å². The second kappa shape index (κ2) is 9.65. The van der Waals surface area contributed by atoms with Crippen LogP contribution in [-0.4, -0.2) is 53.8 Å². The molecule has 9 heteroatoms. The first kappa shape index (κ1) is 20.3. The van der Waals surface area contributed by atoms with Gasteiger partial charge in [0.15, 0.2) is 0 Å². The zero-order chi connectivity index (χ0) is 19.8. The van der Waals surface area contributed by atoms with Gasteiger partial charge in [-0.3, -0.25) is 24.5 Å². The minimum Gasteiger partial charge on any atom is -0.466 e. The highest BCUT2D eigenvalue weighted by atomic mass is 16.6. The number of carbonyl (C=O) groups is 3. The lowest BCUT2D eigenvalue weighted by Crippen LogP contribution is -2.41. The van der Waals surface area contributed by atoms with Gasteiger partial charge in [-0.2, -0.15) is 0 Å². The SMILES string of the molecule is CCOC(=O)C1CCN(C(=O)CCNC(=O)c2ccc([N+](=O)[O-])cc2)CC1. The molecule has 0 bridgehead atoms. The molecule has 0 aliphatic carbocycles. The Morgan fingerprint density at radius 2 is 1.85 bits per heavy atom. The van der Waals surface area contributed by atoms with Crippen molar-refractivity contribution in [1.82, 2.24) is 10.2 Å². The van der Waals surface area contributed by atoms with Crippen LogP contribution in [-0.2, 0) is 14.3 Å². The number of amides is 2. The maximum atomic E-state index is 12.2. The van der Waals surface area contributed by atoms with Crippen LogP contribution in [0.1, 0.15) is 36.5 Å². The molecule has 0 radical (unpaired) electrons. The molecule has 1 heterocycles. The molecule has 146 valence electrons. The molecule has 1 N–H and O–H groups in total. The highest BCUT2D eigenvalue weighted by Crippen LogP contribution is 2.19. The Morgan fingerprint density at radius 3 is 2.41 bits per heavy atom. The molecule has 1 aromatic rings. The van der Waals surface area contributed by atoms with E-state index in [4.69, 9.17) is 4.74 Å². The molecule has 0 unspecified atom stereocenters. The normalized spacial score (nSPS) is 14.5. The summed E-state index contributed by atoms with van der Waals surface area (Å²) in [7, 11) is 0. The van der Waals surface area contributed by atoms with E-state index in [1.54, 1.807) is 11.8 Å². The average molecular weight is 377 g/mol. The second-order valence-corrected chi connectivity index (χ2v) is 6.22. The monoisotopic (exact) mass is 377 g/mol. The smallest absolute Gasteiger partial charge is 0.309 e. The van der Waals surface area contributed by atoms with E-state index in [9.17, 15) is 24.5 Å². The standard InChI is InChI=1S/C18H23N3O6/c1-2-27-18(24)14-8-11-20(12-9-14)16(22)7-10-19-17(23)13-3-5-15(6-4-13)21(25)26/h3-6,14H,2,7-12H2,1H3,(H,19,23). The third kappa shape index (κ3) is 5.77. The topological polar surface area (TPSA) is 119 Å². The van der Waals surface area contributed by atoms with Crippen molar-refractivity contribution >= 4 is 23.5 Å². The molecule has 1 aromatic carbocycles. The first-order chi connectivity index (χ1) is 12.9. The van der Waals surface area contributed by atoms with Gasteiger partial charge in [0.1, 0.15) is 0 Å². The molecule has 2 rings (SSSR count). The van der Waals surface area contributed by atoms with Crippen molar-refractivity contribution in [3.05, 3.63) is 39.9 Å². The van der Waals surface area contributed by atoms with Gasteiger partial charge in [-0.25, -0.2) is 0 Å². The summed E-state index contributed by atoms with van der Waals surface area (Å²) in [5, 5.41) is 13.2. The van der Waals surface area contributed by atoms with Crippen LogP contribution in [0.3, 0.4) is 0 Å². The van der Waals surface area contributed by atoms with Crippen molar-refractivity contribution in [2.24, 2.45) is 5.92 Å². The predicted molar refractivity (Wildman–Crippen MR) is 96.0 cm³/mol. The minimum atomic E-state index is -0.536. The number of ether oxygens (including phenoxy) is 1. The van der Waals surface area contributed by atoms with Gasteiger partial charge in [0, 0.05) is 43.8 Å². The number of nitrogens with one attached hydrogen (secondary N) is 1. The summed E-state index contributed by atoms with van der Waals surface area (Å²) in [5.41, 5.74) is 0.205. The zero-order valence-corrected chi connectivity index (χ0v) is 15.2. The Bertz CT molecular complexity index is 696. The summed E-state index contributed by atoms with van der Waals surface area (Å²) in [6.45, 7) is 3.29. The van der Waals surface area contributed by atoms with Crippen molar-refractivity contribution in [1.29, 1.82) is 0 Å². The van der Waals surface area contributed by atoms with Crippen LogP contribution < -0.4 is 5.32 Å². The number of nitrogens with zero attached hydrogens (tertiary/aromatic N) is 2. The van der Waals surface area contributed by atoms with E-state index >= 15 is 0 Å². The van der Waals surface area contributed by atoms with Crippen LogP contribution in [0.15, 0.2) is 24.3 Å². The van der Waals surface area contributed by atoms with Gasteiger partial charge in [0.05, 0.1) is 17.4 Å². The Balaban J connectivity index is 1.72. The van der Waals surface area contributed by atoms with Crippen molar-refractivity contribution in [3.8, 4) is 0 Å². The maximum absolute atomic E-state index is 12.2. The number of esters is 1. The third-order valence-corrected chi connectivity index (χ3v) is 4.43. The van der Waals surface area contributed by atoms with E-state index in [0.717, 1.165) is 0 Å². The van der Waals surface area contributed by atoms with Gasteiger partial charge in [-0.05, 0) is 31.9 Å². The molecule has 1 fully saturated rings. The fourth-order valence-electron chi connectivity index (χ4n) is 2.90.